The molecule has 0 bridgehead atoms. The smallest absolute Gasteiger partial charge is 0.404 e. The lowest BCUT2D eigenvalue weighted by Gasteiger charge is -2.09. The first-order valence-corrected chi connectivity index (χ1v) is 3.48. The van der Waals surface area contributed by atoms with Gasteiger partial charge in [-0.2, -0.15) is 0 Å². The summed E-state index contributed by atoms with van der Waals surface area (Å²) in [5.74, 6) is -0.735. The summed E-state index contributed by atoms with van der Waals surface area (Å²) in [6.07, 6.45) is -4.03. The van der Waals surface area contributed by atoms with Crippen molar-refractivity contribution in [2.45, 2.75) is 13.0 Å². The highest BCUT2D eigenvalue weighted by Crippen LogP contribution is 2.24. The van der Waals surface area contributed by atoms with Gasteiger partial charge in [0, 0.05) is 5.56 Å². The van der Waals surface area contributed by atoms with Crippen LogP contribution >= 0.6 is 0 Å². The van der Waals surface area contributed by atoms with E-state index in [4.69, 9.17) is 5.73 Å². The van der Waals surface area contributed by atoms with Crippen molar-refractivity contribution in [1.29, 1.82) is 0 Å². The monoisotopic (exact) mass is 210 g/mol. The van der Waals surface area contributed by atoms with Crippen molar-refractivity contribution in [3.63, 3.8) is 0 Å². The van der Waals surface area contributed by atoms with E-state index in [0.29, 0.717) is 0 Å². The fraction of sp³-hybridized carbons (Fsp3) is 0.286. The topological polar surface area (TPSA) is 48.1 Å². The molecule has 0 amide bonds. The highest BCUT2D eigenvalue weighted by molar-refractivity contribution is 5.42. The molecule has 0 spiro atoms. The minimum absolute atomic E-state index is 0.133. The molecule has 2 N–H and O–H groups in total. The second-order valence-corrected chi connectivity index (χ2v) is 2.40. The summed E-state index contributed by atoms with van der Waals surface area (Å²) in [6.45, 7) is -0.992. The highest BCUT2D eigenvalue weighted by atomic mass is 19.4. The predicted octanol–water partition coefficient (Wildman–Crippen LogP) is 2.03. The minimum atomic E-state index is -4.81. The Bertz CT molecular complexity index is 326. The fourth-order valence-electron chi connectivity index (χ4n) is 0.795. The zero-order valence-electron chi connectivity index (χ0n) is 6.81. The summed E-state index contributed by atoms with van der Waals surface area (Å²) in [5, 5.41) is 0. The maximum atomic E-state index is 12.1. The zero-order chi connectivity index (χ0) is 10.8. The third-order valence-electron chi connectivity index (χ3n) is 1.35. The molecule has 0 unspecified atom stereocenters. The van der Waals surface area contributed by atoms with E-state index < -0.39 is 18.8 Å². The second-order valence-electron chi connectivity index (χ2n) is 2.40. The molecule has 1 aromatic heterocycles. The van der Waals surface area contributed by atoms with Gasteiger partial charge in [-0.3, -0.25) is 0 Å². The van der Waals surface area contributed by atoms with Crippen LogP contribution in [0.5, 0.6) is 5.75 Å². The highest BCUT2D eigenvalue weighted by Gasteiger charge is 2.31. The number of nitrogens with zero attached hydrogens (tertiary/aromatic N) is 1. The summed E-state index contributed by atoms with van der Waals surface area (Å²) in [4.78, 5) is 3.35. The van der Waals surface area contributed by atoms with Gasteiger partial charge in [-0.1, -0.05) is 0 Å². The number of nitrogen functional groups attached to an aromatic ring is 1. The molecule has 0 fully saturated rings. The van der Waals surface area contributed by atoms with Crippen LogP contribution < -0.4 is 10.5 Å². The first-order valence-electron chi connectivity index (χ1n) is 3.48. The molecule has 0 aliphatic rings. The Kier molecular flexibility index (Phi) is 2.78. The molecule has 0 aliphatic heterocycles. The van der Waals surface area contributed by atoms with Gasteiger partial charge in [-0.15, -0.1) is 13.2 Å². The number of alkyl halides is 4. The van der Waals surface area contributed by atoms with Gasteiger partial charge in [0.1, 0.15) is 18.2 Å². The SMILES string of the molecule is Nc1ncc(OC(F)(F)F)cc1CF. The number of pyridine rings is 1. The second kappa shape index (κ2) is 3.69. The molecular formula is C7H6F4N2O. The van der Waals surface area contributed by atoms with Gasteiger partial charge in [-0.25, -0.2) is 9.37 Å². The first-order chi connectivity index (χ1) is 6.42. The first kappa shape index (κ1) is 10.6. The Morgan fingerprint density at radius 1 is 1.43 bits per heavy atom. The van der Waals surface area contributed by atoms with E-state index in [9.17, 15) is 17.6 Å². The molecule has 0 atom stereocenters. The standard InChI is InChI=1S/C7H6F4N2O/c8-2-4-1-5(3-13-6(4)12)14-7(9,10)11/h1,3H,2H2,(H2,12,13). The van der Waals surface area contributed by atoms with Crippen LogP contribution in [-0.4, -0.2) is 11.3 Å². The average molecular weight is 210 g/mol. The quantitative estimate of drug-likeness (QED) is 0.759. The Morgan fingerprint density at radius 3 is 2.57 bits per heavy atom. The van der Waals surface area contributed by atoms with Gasteiger partial charge < -0.3 is 10.5 Å². The van der Waals surface area contributed by atoms with Crippen molar-refractivity contribution >= 4 is 5.82 Å². The van der Waals surface area contributed by atoms with E-state index in [0.717, 1.165) is 12.3 Å². The molecule has 3 nitrogen and oxygen atoms in total. The Balaban J connectivity index is 2.90. The molecule has 0 saturated carbocycles. The number of anilines is 1. The van der Waals surface area contributed by atoms with E-state index >= 15 is 0 Å². The number of nitrogens with two attached hydrogens (primary N) is 1. The number of ether oxygens (including phenoxy) is 1. The Hall–Kier alpha value is -1.53. The molecule has 1 heterocycles. The van der Waals surface area contributed by atoms with E-state index in [2.05, 4.69) is 9.72 Å². The van der Waals surface area contributed by atoms with Crippen molar-refractivity contribution in [1.82, 2.24) is 4.98 Å². The summed E-state index contributed by atoms with van der Waals surface area (Å²) >= 11 is 0. The van der Waals surface area contributed by atoms with Crippen LogP contribution in [0.4, 0.5) is 23.4 Å². The normalized spacial score (nSPS) is 11.4. The minimum Gasteiger partial charge on any atom is -0.404 e. The van der Waals surface area contributed by atoms with Crippen LogP contribution in [0.3, 0.4) is 0 Å². The molecule has 0 aliphatic carbocycles. The molecule has 78 valence electrons. The predicted molar refractivity (Wildman–Crippen MR) is 40.1 cm³/mol. The summed E-state index contributed by atoms with van der Waals surface area (Å²) in [6, 6.07) is 0.857. The van der Waals surface area contributed by atoms with Gasteiger partial charge in [0.25, 0.3) is 0 Å². The Labute approximate surface area is 76.5 Å². The Morgan fingerprint density at radius 2 is 2.07 bits per heavy atom. The number of hydrogen-bond acceptors (Lipinski definition) is 3. The van der Waals surface area contributed by atoms with Crippen LogP contribution in [0.25, 0.3) is 0 Å². The van der Waals surface area contributed by atoms with E-state index in [1.807, 2.05) is 0 Å². The van der Waals surface area contributed by atoms with Crippen molar-refractivity contribution in [2.24, 2.45) is 0 Å². The number of hydrogen-bond donors (Lipinski definition) is 1. The fourth-order valence-corrected chi connectivity index (χ4v) is 0.795. The van der Waals surface area contributed by atoms with Crippen molar-refractivity contribution in [3.8, 4) is 5.75 Å². The zero-order valence-corrected chi connectivity index (χ0v) is 6.81. The van der Waals surface area contributed by atoms with Gasteiger partial charge in [-0.05, 0) is 6.07 Å². The van der Waals surface area contributed by atoms with Crippen LogP contribution in [-0.2, 0) is 6.67 Å². The third kappa shape index (κ3) is 2.75. The van der Waals surface area contributed by atoms with Gasteiger partial charge in [0.15, 0.2) is 0 Å². The number of halogens is 4. The van der Waals surface area contributed by atoms with Crippen LogP contribution in [0.15, 0.2) is 12.3 Å². The summed E-state index contributed by atoms with van der Waals surface area (Å²) in [7, 11) is 0. The maximum absolute atomic E-state index is 12.1. The molecule has 0 aromatic carbocycles. The van der Waals surface area contributed by atoms with Crippen LogP contribution in [0.1, 0.15) is 5.56 Å². The van der Waals surface area contributed by atoms with Crippen molar-refractivity contribution in [3.05, 3.63) is 17.8 Å². The molecule has 1 aromatic rings. The lowest BCUT2D eigenvalue weighted by atomic mass is 10.3. The number of aromatic nitrogens is 1. The summed E-state index contributed by atoms with van der Waals surface area (Å²) < 4.78 is 50.8. The van der Waals surface area contributed by atoms with E-state index in [1.165, 1.54) is 0 Å². The maximum Gasteiger partial charge on any atom is 0.573 e. The van der Waals surface area contributed by atoms with Gasteiger partial charge in [0.2, 0.25) is 0 Å². The van der Waals surface area contributed by atoms with Gasteiger partial charge >= 0.3 is 6.36 Å². The van der Waals surface area contributed by atoms with E-state index in [-0.39, 0.29) is 11.4 Å². The third-order valence-corrected chi connectivity index (χ3v) is 1.35. The lowest BCUT2D eigenvalue weighted by molar-refractivity contribution is -0.274. The van der Waals surface area contributed by atoms with Crippen molar-refractivity contribution < 1.29 is 22.3 Å². The number of rotatable bonds is 2. The molecule has 1 rings (SSSR count). The molecule has 7 heteroatoms. The van der Waals surface area contributed by atoms with Crippen molar-refractivity contribution in [2.75, 3.05) is 5.73 Å². The average Bonchev–Trinajstić information content (AvgIpc) is 2.06. The van der Waals surface area contributed by atoms with Crippen LogP contribution in [0.2, 0.25) is 0 Å². The molecular weight excluding hydrogens is 204 g/mol. The lowest BCUT2D eigenvalue weighted by Crippen LogP contribution is -2.17. The summed E-state index contributed by atoms with van der Waals surface area (Å²) in [5.41, 5.74) is 5.04. The molecule has 0 saturated heterocycles. The molecule has 0 radical (unpaired) electrons. The molecule has 14 heavy (non-hydrogen) atoms. The largest absolute Gasteiger partial charge is 0.573 e. The van der Waals surface area contributed by atoms with E-state index in [1.54, 1.807) is 0 Å². The van der Waals surface area contributed by atoms with Crippen LogP contribution in [0, 0.1) is 0 Å². The van der Waals surface area contributed by atoms with Gasteiger partial charge in [0.05, 0.1) is 6.20 Å².